The summed E-state index contributed by atoms with van der Waals surface area (Å²) in [6, 6.07) is -2.84. The molecule has 0 aromatic carbocycles. The number of hydrogen-bond donors (Lipinski definition) is 3. The van der Waals surface area contributed by atoms with Crippen molar-refractivity contribution in [1.82, 2.24) is 14.6 Å². The molecule has 14 nitrogen and oxygen atoms in total. The number of carbonyl (C=O) groups is 4. The van der Waals surface area contributed by atoms with Gasteiger partial charge in [-0.25, -0.2) is 9.29 Å². The molecule has 3 amide bonds. The molecule has 0 bridgehead atoms. The number of hydrogen-bond acceptors (Lipinski definition) is 11. The number of oxime groups is 1. The van der Waals surface area contributed by atoms with Crippen LogP contribution in [0.1, 0.15) is 12.6 Å². The standard InChI is InChI=1S/C14H16ClN5O9S2/c1-6(21)29-4-8-11(13(24)20(8)31(25,26)27)18-12(23)10(19-28-2)7-5-30-14(16-7)17-9(22)3-15/h5,8,11H,3-4H2,1-2H3,(H,18,23)(H,16,17,22)(H,25,26,27)/t8-,11-/m0/s1. The Labute approximate surface area is 184 Å². The molecule has 17 heteroatoms. The molecule has 0 unspecified atom stereocenters. The zero-order valence-corrected chi connectivity index (χ0v) is 18.3. The summed E-state index contributed by atoms with van der Waals surface area (Å²) in [5, 5.41) is 9.64. The van der Waals surface area contributed by atoms with Gasteiger partial charge in [-0.3, -0.25) is 23.7 Å². The molecule has 170 valence electrons. The van der Waals surface area contributed by atoms with Gasteiger partial charge >= 0.3 is 16.3 Å². The monoisotopic (exact) mass is 497 g/mol. The third kappa shape index (κ3) is 5.87. The minimum Gasteiger partial charge on any atom is -0.464 e. The summed E-state index contributed by atoms with van der Waals surface area (Å²) in [6.45, 7) is 0.450. The van der Waals surface area contributed by atoms with Gasteiger partial charge in [0, 0.05) is 12.3 Å². The lowest BCUT2D eigenvalue weighted by molar-refractivity contribution is -0.154. The van der Waals surface area contributed by atoms with E-state index < -0.39 is 58.4 Å². The van der Waals surface area contributed by atoms with Crippen molar-refractivity contribution in [3.05, 3.63) is 11.1 Å². The van der Waals surface area contributed by atoms with Gasteiger partial charge in [0.1, 0.15) is 37.4 Å². The van der Waals surface area contributed by atoms with Crippen LogP contribution in [0.3, 0.4) is 0 Å². The summed E-state index contributed by atoms with van der Waals surface area (Å²) in [6.07, 6.45) is 0. The van der Waals surface area contributed by atoms with E-state index >= 15 is 0 Å². The Balaban J connectivity index is 2.21. The van der Waals surface area contributed by atoms with E-state index in [0.717, 1.165) is 25.4 Å². The maximum absolute atomic E-state index is 12.7. The van der Waals surface area contributed by atoms with Crippen LogP contribution in [-0.4, -0.2) is 83.3 Å². The molecule has 3 N–H and O–H groups in total. The van der Waals surface area contributed by atoms with Crippen LogP contribution in [0.2, 0.25) is 0 Å². The van der Waals surface area contributed by atoms with Gasteiger partial charge in [-0.15, -0.1) is 22.9 Å². The quantitative estimate of drug-likeness (QED) is 0.0924. The number of halogens is 1. The van der Waals surface area contributed by atoms with Crippen molar-refractivity contribution < 1.29 is 41.7 Å². The van der Waals surface area contributed by atoms with Gasteiger partial charge in [-0.2, -0.15) is 8.42 Å². The van der Waals surface area contributed by atoms with Crippen molar-refractivity contribution in [3.8, 4) is 0 Å². The molecule has 1 aliphatic heterocycles. The molecule has 1 saturated heterocycles. The van der Waals surface area contributed by atoms with Gasteiger partial charge in [-0.1, -0.05) is 5.16 Å². The Morgan fingerprint density at radius 3 is 2.65 bits per heavy atom. The van der Waals surface area contributed by atoms with Gasteiger partial charge in [0.2, 0.25) is 5.91 Å². The number of rotatable bonds is 9. The van der Waals surface area contributed by atoms with Gasteiger partial charge in [0.05, 0.1) is 0 Å². The number of amides is 3. The molecule has 1 aromatic heterocycles. The van der Waals surface area contributed by atoms with E-state index in [1.165, 1.54) is 5.38 Å². The molecule has 0 saturated carbocycles. The number of alkyl halides is 1. The largest absolute Gasteiger partial charge is 0.464 e. The fraction of sp³-hybridized carbons (Fsp3) is 0.429. The SMILES string of the molecule is CON=C(C(=O)N[C@@H]1C(=O)N(S(=O)(=O)O)[C@H]1COC(C)=O)c1csc(NC(=O)CCl)n1. The molecular weight excluding hydrogens is 482 g/mol. The second kappa shape index (κ2) is 9.99. The third-order valence-corrected chi connectivity index (χ3v) is 5.62. The number of aromatic nitrogens is 1. The lowest BCUT2D eigenvalue weighted by Gasteiger charge is -2.43. The van der Waals surface area contributed by atoms with Crippen molar-refractivity contribution >= 4 is 67.8 Å². The summed E-state index contributed by atoms with van der Waals surface area (Å²) in [5.41, 5.74) is -0.418. The number of esters is 1. The van der Waals surface area contributed by atoms with Crippen LogP contribution in [-0.2, 0) is 39.1 Å². The van der Waals surface area contributed by atoms with Crippen molar-refractivity contribution in [3.63, 3.8) is 0 Å². The smallest absolute Gasteiger partial charge is 0.362 e. The zero-order chi connectivity index (χ0) is 23.3. The van der Waals surface area contributed by atoms with Gasteiger partial charge in [-0.05, 0) is 0 Å². The number of carbonyl (C=O) groups excluding carboxylic acids is 4. The second-order valence-corrected chi connectivity index (χ2v) is 8.19. The summed E-state index contributed by atoms with van der Waals surface area (Å²) in [4.78, 5) is 55.8. The summed E-state index contributed by atoms with van der Waals surface area (Å²) < 4.78 is 36.8. The Bertz CT molecular complexity index is 1030. The van der Waals surface area contributed by atoms with Gasteiger partial charge < -0.3 is 20.2 Å². The third-order valence-electron chi connectivity index (χ3n) is 3.67. The number of thiazole rings is 1. The maximum Gasteiger partial charge on any atom is 0.362 e. The van der Waals surface area contributed by atoms with E-state index in [1.807, 2.05) is 0 Å². The number of ether oxygens (including phenoxy) is 1. The number of nitrogens with one attached hydrogen (secondary N) is 2. The first-order valence-electron chi connectivity index (χ1n) is 8.17. The zero-order valence-electron chi connectivity index (χ0n) is 15.9. The van der Waals surface area contributed by atoms with Crippen LogP contribution in [0, 0.1) is 0 Å². The normalized spacial score (nSPS) is 18.8. The number of nitrogens with zero attached hydrogens (tertiary/aromatic N) is 3. The molecule has 0 spiro atoms. The minimum atomic E-state index is -4.95. The summed E-state index contributed by atoms with van der Waals surface area (Å²) in [5.74, 6) is -3.75. The maximum atomic E-state index is 12.7. The van der Waals surface area contributed by atoms with Gasteiger partial charge in [0.25, 0.3) is 11.8 Å². The molecule has 2 rings (SSSR count). The van der Waals surface area contributed by atoms with E-state index in [1.54, 1.807) is 0 Å². The van der Waals surface area contributed by atoms with Crippen molar-refractivity contribution in [2.75, 3.05) is 24.9 Å². The number of β-lactam (4-membered cyclic amide) rings is 1. The summed E-state index contributed by atoms with van der Waals surface area (Å²) >= 11 is 6.35. The first-order valence-corrected chi connectivity index (χ1v) is 11.0. The molecule has 1 aromatic rings. The Morgan fingerprint density at radius 2 is 2.10 bits per heavy atom. The average molecular weight is 498 g/mol. The van der Waals surface area contributed by atoms with Crippen LogP contribution in [0.15, 0.2) is 10.5 Å². The summed E-state index contributed by atoms with van der Waals surface area (Å²) in [7, 11) is -3.80. The van der Waals surface area contributed by atoms with E-state index in [2.05, 4.69) is 25.6 Å². The molecule has 0 aliphatic carbocycles. The minimum absolute atomic E-state index is 0.0239. The molecule has 0 radical (unpaired) electrons. The average Bonchev–Trinajstić information content (AvgIpc) is 3.13. The van der Waals surface area contributed by atoms with E-state index in [0.29, 0.717) is 0 Å². The van der Waals surface area contributed by atoms with E-state index in [4.69, 9.17) is 16.3 Å². The fourth-order valence-corrected chi connectivity index (χ4v) is 4.07. The Morgan fingerprint density at radius 1 is 1.42 bits per heavy atom. The molecule has 2 heterocycles. The van der Waals surface area contributed by atoms with Crippen LogP contribution in [0.25, 0.3) is 0 Å². The second-order valence-electron chi connectivity index (χ2n) is 5.78. The van der Waals surface area contributed by atoms with Crippen molar-refractivity contribution in [2.24, 2.45) is 5.16 Å². The first kappa shape index (κ1) is 24.4. The highest BCUT2D eigenvalue weighted by Gasteiger charge is 2.54. The van der Waals surface area contributed by atoms with Crippen LogP contribution >= 0.6 is 22.9 Å². The molecular formula is C14H16ClN5O9S2. The molecule has 31 heavy (non-hydrogen) atoms. The van der Waals surface area contributed by atoms with E-state index in [9.17, 15) is 32.1 Å². The fourth-order valence-electron chi connectivity index (χ4n) is 2.43. The van der Waals surface area contributed by atoms with E-state index in [-0.39, 0.29) is 21.0 Å². The predicted octanol–water partition coefficient (Wildman–Crippen LogP) is -1.27. The number of anilines is 1. The Kier molecular flexibility index (Phi) is 7.88. The van der Waals surface area contributed by atoms with Crippen LogP contribution in [0.4, 0.5) is 5.13 Å². The predicted molar refractivity (Wildman–Crippen MR) is 106 cm³/mol. The van der Waals surface area contributed by atoms with Crippen LogP contribution < -0.4 is 10.6 Å². The highest BCUT2D eigenvalue weighted by atomic mass is 35.5. The Hall–Kier alpha value is -2.82. The lowest BCUT2D eigenvalue weighted by Crippen LogP contribution is -2.73. The highest BCUT2D eigenvalue weighted by Crippen LogP contribution is 2.24. The van der Waals surface area contributed by atoms with Crippen LogP contribution in [0.5, 0.6) is 0 Å². The topological polar surface area (TPSA) is 194 Å². The molecule has 1 fully saturated rings. The van der Waals surface area contributed by atoms with Crippen molar-refractivity contribution in [2.45, 2.75) is 19.0 Å². The van der Waals surface area contributed by atoms with Crippen molar-refractivity contribution in [1.29, 1.82) is 0 Å². The van der Waals surface area contributed by atoms with Gasteiger partial charge in [0.15, 0.2) is 10.8 Å². The molecule has 1 aliphatic rings. The lowest BCUT2D eigenvalue weighted by atomic mass is 9.99. The highest BCUT2D eigenvalue weighted by molar-refractivity contribution is 7.84. The molecule has 2 atom stereocenters. The first-order chi connectivity index (χ1) is 14.5.